The number of rotatable bonds is 12. The smallest absolute Gasteiger partial charge is 0.262 e. The number of ether oxygens (including phenoxy) is 2. The molecule has 158 valence electrons. The molecule has 0 aliphatic rings. The molecule has 0 fully saturated rings. The molecule has 0 radical (unpaired) electrons. The Morgan fingerprint density at radius 2 is 1.86 bits per heavy atom. The van der Waals surface area contributed by atoms with E-state index in [0.29, 0.717) is 11.5 Å². The number of halogens is 1. The molecule has 0 atom stereocenters. The van der Waals surface area contributed by atoms with Gasteiger partial charge in [0.2, 0.25) is 0 Å². The number of methoxy groups -OCH3 is 1. The SMILES string of the molecule is CCCCCCNCc1cc(Br)c(OCC(=O)Nc2ccc(C)cc2)c(OC)c1. The van der Waals surface area contributed by atoms with E-state index < -0.39 is 0 Å². The predicted molar refractivity (Wildman–Crippen MR) is 122 cm³/mol. The van der Waals surface area contributed by atoms with Crippen LogP contribution in [0.4, 0.5) is 5.69 Å². The van der Waals surface area contributed by atoms with E-state index in [1.165, 1.54) is 25.7 Å². The van der Waals surface area contributed by atoms with Crippen molar-refractivity contribution >= 4 is 27.5 Å². The Hall–Kier alpha value is -2.05. The van der Waals surface area contributed by atoms with Gasteiger partial charge in [-0.15, -0.1) is 0 Å². The summed E-state index contributed by atoms with van der Waals surface area (Å²) in [6.07, 6.45) is 4.97. The molecule has 6 heteroatoms. The van der Waals surface area contributed by atoms with Crippen molar-refractivity contribution in [1.29, 1.82) is 0 Å². The van der Waals surface area contributed by atoms with E-state index >= 15 is 0 Å². The monoisotopic (exact) mass is 462 g/mol. The highest BCUT2D eigenvalue weighted by Gasteiger charge is 2.14. The first-order chi connectivity index (χ1) is 14.0. The van der Waals surface area contributed by atoms with Gasteiger partial charge in [-0.25, -0.2) is 0 Å². The molecule has 0 aliphatic heterocycles. The first kappa shape index (κ1) is 23.2. The van der Waals surface area contributed by atoms with E-state index in [-0.39, 0.29) is 12.5 Å². The Bertz CT molecular complexity index is 778. The van der Waals surface area contributed by atoms with Gasteiger partial charge in [0.25, 0.3) is 5.91 Å². The average molecular weight is 463 g/mol. The summed E-state index contributed by atoms with van der Waals surface area (Å²) < 4.78 is 12.0. The Kier molecular flexibility index (Phi) is 10.0. The van der Waals surface area contributed by atoms with Crippen LogP contribution in [0.1, 0.15) is 43.7 Å². The second-order valence-electron chi connectivity index (χ2n) is 7.05. The molecule has 2 aromatic carbocycles. The number of amides is 1. The summed E-state index contributed by atoms with van der Waals surface area (Å²) in [5.74, 6) is 0.907. The highest BCUT2D eigenvalue weighted by molar-refractivity contribution is 9.10. The number of hydrogen-bond acceptors (Lipinski definition) is 4. The molecule has 2 N–H and O–H groups in total. The fourth-order valence-electron chi connectivity index (χ4n) is 2.90. The zero-order valence-corrected chi connectivity index (χ0v) is 19.1. The largest absolute Gasteiger partial charge is 0.493 e. The molecule has 0 unspecified atom stereocenters. The molecule has 0 saturated carbocycles. The van der Waals surface area contributed by atoms with Crippen molar-refractivity contribution in [3.05, 3.63) is 52.0 Å². The summed E-state index contributed by atoms with van der Waals surface area (Å²) >= 11 is 3.54. The van der Waals surface area contributed by atoms with Crippen molar-refractivity contribution in [2.45, 2.75) is 46.1 Å². The van der Waals surface area contributed by atoms with Crippen LogP contribution < -0.4 is 20.1 Å². The van der Waals surface area contributed by atoms with E-state index in [1.807, 2.05) is 43.3 Å². The summed E-state index contributed by atoms with van der Waals surface area (Å²) in [6.45, 7) is 5.88. The Morgan fingerprint density at radius 1 is 1.10 bits per heavy atom. The van der Waals surface area contributed by atoms with Crippen molar-refractivity contribution in [2.75, 3.05) is 25.6 Å². The van der Waals surface area contributed by atoms with Crippen LogP contribution in [0.3, 0.4) is 0 Å². The minimum absolute atomic E-state index is 0.0993. The molecular weight excluding hydrogens is 432 g/mol. The molecule has 2 aromatic rings. The van der Waals surface area contributed by atoms with Crippen molar-refractivity contribution in [2.24, 2.45) is 0 Å². The normalized spacial score (nSPS) is 10.6. The predicted octanol–water partition coefficient (Wildman–Crippen LogP) is 5.45. The lowest BCUT2D eigenvalue weighted by Gasteiger charge is -2.15. The molecule has 1 amide bonds. The maximum absolute atomic E-state index is 12.2. The fraction of sp³-hybridized carbons (Fsp3) is 0.435. The van der Waals surface area contributed by atoms with Crippen LogP contribution in [0.15, 0.2) is 40.9 Å². The van der Waals surface area contributed by atoms with Gasteiger partial charge >= 0.3 is 0 Å². The Balaban J connectivity index is 1.89. The molecule has 0 spiro atoms. The number of carbonyl (C=O) groups excluding carboxylic acids is 1. The molecule has 0 saturated heterocycles. The van der Waals surface area contributed by atoms with Crippen molar-refractivity contribution < 1.29 is 14.3 Å². The van der Waals surface area contributed by atoms with Crippen LogP contribution >= 0.6 is 15.9 Å². The fourth-order valence-corrected chi connectivity index (χ4v) is 3.50. The molecular formula is C23H31BrN2O3. The summed E-state index contributed by atoms with van der Waals surface area (Å²) in [7, 11) is 1.60. The van der Waals surface area contributed by atoms with Gasteiger partial charge in [0, 0.05) is 12.2 Å². The minimum Gasteiger partial charge on any atom is -0.493 e. The third kappa shape index (κ3) is 8.07. The van der Waals surface area contributed by atoms with Gasteiger partial charge < -0.3 is 20.1 Å². The van der Waals surface area contributed by atoms with Gasteiger partial charge in [0.05, 0.1) is 11.6 Å². The van der Waals surface area contributed by atoms with Crippen LogP contribution in [0.5, 0.6) is 11.5 Å². The van der Waals surface area contributed by atoms with E-state index in [4.69, 9.17) is 9.47 Å². The van der Waals surface area contributed by atoms with Gasteiger partial charge in [0.15, 0.2) is 18.1 Å². The van der Waals surface area contributed by atoms with E-state index in [2.05, 4.69) is 33.5 Å². The second kappa shape index (κ2) is 12.5. The van der Waals surface area contributed by atoms with Crippen LogP contribution in [0.25, 0.3) is 0 Å². The zero-order valence-electron chi connectivity index (χ0n) is 17.5. The lowest BCUT2D eigenvalue weighted by Crippen LogP contribution is -2.20. The van der Waals surface area contributed by atoms with Crippen molar-refractivity contribution in [1.82, 2.24) is 5.32 Å². The lowest BCUT2D eigenvalue weighted by molar-refractivity contribution is -0.118. The second-order valence-corrected chi connectivity index (χ2v) is 7.90. The number of aryl methyl sites for hydroxylation is 1. The third-order valence-corrected chi connectivity index (χ3v) is 5.10. The van der Waals surface area contributed by atoms with Gasteiger partial charge in [-0.2, -0.15) is 0 Å². The molecule has 0 heterocycles. The Morgan fingerprint density at radius 3 is 2.55 bits per heavy atom. The topological polar surface area (TPSA) is 59.6 Å². The van der Waals surface area contributed by atoms with Gasteiger partial charge in [-0.1, -0.05) is 43.9 Å². The highest BCUT2D eigenvalue weighted by Crippen LogP contribution is 2.36. The van der Waals surface area contributed by atoms with Gasteiger partial charge in [0.1, 0.15) is 0 Å². The minimum atomic E-state index is -0.222. The number of unbranched alkanes of at least 4 members (excludes halogenated alkanes) is 3. The van der Waals surface area contributed by atoms with Crippen LogP contribution in [-0.2, 0) is 11.3 Å². The number of carbonyl (C=O) groups is 1. The lowest BCUT2D eigenvalue weighted by atomic mass is 10.2. The van der Waals surface area contributed by atoms with E-state index in [0.717, 1.165) is 34.4 Å². The van der Waals surface area contributed by atoms with Crippen LogP contribution in [0, 0.1) is 6.92 Å². The maximum Gasteiger partial charge on any atom is 0.262 e. The molecule has 2 rings (SSSR count). The summed E-state index contributed by atoms with van der Waals surface area (Å²) in [4.78, 5) is 12.2. The van der Waals surface area contributed by atoms with Crippen molar-refractivity contribution in [3.8, 4) is 11.5 Å². The summed E-state index contributed by atoms with van der Waals surface area (Å²) in [5.41, 5.74) is 2.99. The molecule has 0 aromatic heterocycles. The van der Waals surface area contributed by atoms with Gasteiger partial charge in [-0.3, -0.25) is 4.79 Å². The maximum atomic E-state index is 12.2. The summed E-state index contributed by atoms with van der Waals surface area (Å²) in [5, 5.41) is 6.29. The van der Waals surface area contributed by atoms with Gasteiger partial charge in [-0.05, 0) is 65.6 Å². The number of nitrogens with one attached hydrogen (secondary N) is 2. The standard InChI is InChI=1S/C23H31BrN2O3/c1-4-5-6-7-12-25-15-18-13-20(24)23(21(14-18)28-3)29-16-22(27)26-19-10-8-17(2)9-11-19/h8-11,13-14,25H,4-7,12,15-16H2,1-3H3,(H,26,27). The number of hydrogen-bond donors (Lipinski definition) is 2. The quantitative estimate of drug-likeness (QED) is 0.411. The summed E-state index contributed by atoms with van der Waals surface area (Å²) in [6, 6.07) is 11.6. The molecule has 5 nitrogen and oxygen atoms in total. The van der Waals surface area contributed by atoms with Crippen LogP contribution in [0.2, 0.25) is 0 Å². The van der Waals surface area contributed by atoms with E-state index in [9.17, 15) is 4.79 Å². The molecule has 0 aliphatic carbocycles. The number of anilines is 1. The van der Waals surface area contributed by atoms with E-state index in [1.54, 1.807) is 7.11 Å². The molecule has 29 heavy (non-hydrogen) atoms. The molecule has 0 bridgehead atoms. The number of benzene rings is 2. The van der Waals surface area contributed by atoms with Crippen LogP contribution in [-0.4, -0.2) is 26.2 Å². The third-order valence-electron chi connectivity index (χ3n) is 4.51. The first-order valence-electron chi connectivity index (χ1n) is 10.1. The first-order valence-corrected chi connectivity index (χ1v) is 10.9. The average Bonchev–Trinajstić information content (AvgIpc) is 2.71. The Labute approximate surface area is 182 Å². The highest BCUT2D eigenvalue weighted by atomic mass is 79.9. The van der Waals surface area contributed by atoms with Crippen molar-refractivity contribution in [3.63, 3.8) is 0 Å². The zero-order chi connectivity index (χ0) is 21.1.